The van der Waals surface area contributed by atoms with Crippen molar-refractivity contribution in [1.82, 2.24) is 0 Å². The summed E-state index contributed by atoms with van der Waals surface area (Å²) in [6, 6.07) is 3.69. The van der Waals surface area contributed by atoms with Crippen molar-refractivity contribution in [1.29, 1.82) is 0 Å². The van der Waals surface area contributed by atoms with Gasteiger partial charge in [0.1, 0.15) is 0 Å². The lowest BCUT2D eigenvalue weighted by atomic mass is 10.1. The molecule has 0 aliphatic carbocycles. The Hall–Kier alpha value is -1.69. The van der Waals surface area contributed by atoms with Crippen LogP contribution >= 0.6 is 15.9 Å². The second-order valence-corrected chi connectivity index (χ2v) is 4.01. The van der Waals surface area contributed by atoms with E-state index in [-0.39, 0.29) is 11.3 Å². The Kier molecular flexibility index (Phi) is 4.84. The predicted octanol–water partition coefficient (Wildman–Crippen LogP) is 3.09. The highest BCUT2D eigenvalue weighted by Crippen LogP contribution is 2.19. The number of rotatable bonds is 5. The summed E-state index contributed by atoms with van der Waals surface area (Å²) in [5, 5.41) is 20.3. The van der Waals surface area contributed by atoms with Gasteiger partial charge in [-0.3, -0.25) is 10.1 Å². The molecule has 0 fully saturated rings. The summed E-state index contributed by atoms with van der Waals surface area (Å²) in [6.07, 6.45) is 4.07. The lowest BCUT2D eigenvalue weighted by Crippen LogP contribution is -2.00. The van der Waals surface area contributed by atoms with Crippen LogP contribution in [-0.4, -0.2) is 21.3 Å². The first-order valence-corrected chi connectivity index (χ1v) is 5.92. The SMILES string of the molecule is O=C(O)c1ccc([N+](=O)[O-])cc1C=CCCBr. The number of nitro benzene ring substituents is 1. The van der Waals surface area contributed by atoms with Crippen LogP contribution in [0.15, 0.2) is 24.3 Å². The van der Waals surface area contributed by atoms with Crippen LogP contribution in [0, 0.1) is 10.1 Å². The number of hydrogen-bond acceptors (Lipinski definition) is 3. The number of allylic oxidation sites excluding steroid dienone is 1. The molecule has 0 aliphatic rings. The molecule has 0 bridgehead atoms. The Morgan fingerprint density at radius 1 is 1.53 bits per heavy atom. The molecular formula is C11H10BrNO4. The van der Waals surface area contributed by atoms with Crippen LogP contribution in [0.25, 0.3) is 6.08 Å². The summed E-state index contributed by atoms with van der Waals surface area (Å²) in [7, 11) is 0. The number of benzene rings is 1. The van der Waals surface area contributed by atoms with Gasteiger partial charge in [0.2, 0.25) is 0 Å². The van der Waals surface area contributed by atoms with Crippen LogP contribution < -0.4 is 0 Å². The first-order chi connectivity index (χ1) is 8.06. The van der Waals surface area contributed by atoms with Crippen molar-refractivity contribution in [2.24, 2.45) is 0 Å². The molecule has 1 rings (SSSR count). The number of carboxylic acids is 1. The van der Waals surface area contributed by atoms with Gasteiger partial charge in [0.15, 0.2) is 0 Å². The first kappa shape index (κ1) is 13.4. The summed E-state index contributed by atoms with van der Waals surface area (Å²) in [5.74, 6) is -1.10. The molecule has 5 nitrogen and oxygen atoms in total. The summed E-state index contributed by atoms with van der Waals surface area (Å²) in [4.78, 5) is 21.0. The molecule has 0 saturated carbocycles. The molecule has 0 unspecified atom stereocenters. The smallest absolute Gasteiger partial charge is 0.336 e. The number of non-ortho nitro benzene ring substituents is 1. The first-order valence-electron chi connectivity index (χ1n) is 4.80. The van der Waals surface area contributed by atoms with Crippen LogP contribution in [-0.2, 0) is 0 Å². The van der Waals surface area contributed by atoms with E-state index in [4.69, 9.17) is 5.11 Å². The maximum atomic E-state index is 10.9. The maximum Gasteiger partial charge on any atom is 0.336 e. The van der Waals surface area contributed by atoms with E-state index in [0.717, 1.165) is 11.8 Å². The number of nitrogens with zero attached hydrogens (tertiary/aromatic N) is 1. The monoisotopic (exact) mass is 299 g/mol. The van der Waals surface area contributed by atoms with Crippen molar-refractivity contribution in [2.75, 3.05) is 5.33 Å². The van der Waals surface area contributed by atoms with Crippen LogP contribution in [0.1, 0.15) is 22.3 Å². The standard InChI is InChI=1S/C11H10BrNO4/c12-6-2-1-3-8-7-9(13(16)17)4-5-10(8)11(14)15/h1,3-5,7H,2,6H2,(H,14,15). The molecule has 17 heavy (non-hydrogen) atoms. The highest BCUT2D eigenvalue weighted by Gasteiger charge is 2.13. The van der Waals surface area contributed by atoms with E-state index >= 15 is 0 Å². The fourth-order valence-electron chi connectivity index (χ4n) is 1.27. The number of carboxylic acid groups (broad SMARTS) is 1. The molecule has 0 spiro atoms. The van der Waals surface area contributed by atoms with Gasteiger partial charge in [-0.1, -0.05) is 28.1 Å². The average Bonchev–Trinajstić information content (AvgIpc) is 2.28. The molecule has 0 saturated heterocycles. The Morgan fingerprint density at radius 2 is 2.24 bits per heavy atom. The van der Waals surface area contributed by atoms with Crippen molar-refractivity contribution in [2.45, 2.75) is 6.42 Å². The average molecular weight is 300 g/mol. The molecule has 0 radical (unpaired) electrons. The third-order valence-electron chi connectivity index (χ3n) is 2.05. The van der Waals surface area contributed by atoms with E-state index in [2.05, 4.69) is 15.9 Å². The van der Waals surface area contributed by atoms with Gasteiger partial charge in [-0.2, -0.15) is 0 Å². The van der Waals surface area contributed by atoms with E-state index < -0.39 is 10.9 Å². The second kappa shape index (κ2) is 6.15. The minimum atomic E-state index is -1.10. The predicted molar refractivity (Wildman–Crippen MR) is 67.5 cm³/mol. The van der Waals surface area contributed by atoms with E-state index in [1.807, 2.05) is 0 Å². The van der Waals surface area contributed by atoms with Crippen LogP contribution in [0.3, 0.4) is 0 Å². The van der Waals surface area contributed by atoms with Crippen molar-refractivity contribution in [3.05, 3.63) is 45.5 Å². The number of hydrogen-bond donors (Lipinski definition) is 1. The van der Waals surface area contributed by atoms with Crippen LogP contribution in [0.5, 0.6) is 0 Å². The summed E-state index contributed by atoms with van der Waals surface area (Å²) in [5.41, 5.74) is 0.280. The molecule has 0 atom stereocenters. The zero-order chi connectivity index (χ0) is 12.8. The Morgan fingerprint density at radius 3 is 2.76 bits per heavy atom. The molecule has 1 N–H and O–H groups in total. The van der Waals surface area contributed by atoms with Crippen molar-refractivity contribution >= 4 is 33.7 Å². The zero-order valence-corrected chi connectivity index (χ0v) is 10.4. The van der Waals surface area contributed by atoms with Gasteiger partial charge in [0, 0.05) is 17.5 Å². The number of alkyl halides is 1. The lowest BCUT2D eigenvalue weighted by Gasteiger charge is -2.01. The minimum absolute atomic E-state index is 0.0569. The van der Waals surface area contributed by atoms with E-state index in [0.29, 0.717) is 5.56 Å². The van der Waals surface area contributed by atoms with Gasteiger partial charge in [0.25, 0.3) is 5.69 Å². The summed E-state index contributed by atoms with van der Waals surface area (Å²) >= 11 is 3.23. The highest BCUT2D eigenvalue weighted by molar-refractivity contribution is 9.09. The van der Waals surface area contributed by atoms with Crippen molar-refractivity contribution in [3.8, 4) is 0 Å². The van der Waals surface area contributed by atoms with Gasteiger partial charge in [-0.05, 0) is 18.1 Å². The van der Waals surface area contributed by atoms with Gasteiger partial charge < -0.3 is 5.11 Å². The molecule has 0 aliphatic heterocycles. The number of halogens is 1. The Labute approximate surface area is 106 Å². The number of nitro groups is 1. The second-order valence-electron chi connectivity index (χ2n) is 3.21. The fourth-order valence-corrected chi connectivity index (χ4v) is 1.53. The van der Waals surface area contributed by atoms with Gasteiger partial charge >= 0.3 is 5.97 Å². The third kappa shape index (κ3) is 3.67. The normalized spacial score (nSPS) is 10.6. The topological polar surface area (TPSA) is 80.4 Å². The summed E-state index contributed by atoms with van der Waals surface area (Å²) in [6.45, 7) is 0. The number of aromatic carboxylic acids is 1. The maximum absolute atomic E-state index is 10.9. The van der Waals surface area contributed by atoms with Crippen LogP contribution in [0.2, 0.25) is 0 Å². The highest BCUT2D eigenvalue weighted by atomic mass is 79.9. The minimum Gasteiger partial charge on any atom is -0.478 e. The lowest BCUT2D eigenvalue weighted by molar-refractivity contribution is -0.384. The molecule has 0 amide bonds. The Balaban J connectivity index is 3.16. The van der Waals surface area contributed by atoms with E-state index in [9.17, 15) is 14.9 Å². The number of carbonyl (C=O) groups is 1. The molecule has 0 aromatic heterocycles. The quantitative estimate of drug-likeness (QED) is 0.515. The van der Waals surface area contributed by atoms with E-state index in [1.54, 1.807) is 12.2 Å². The van der Waals surface area contributed by atoms with Crippen LogP contribution in [0.4, 0.5) is 5.69 Å². The van der Waals surface area contributed by atoms with Crippen molar-refractivity contribution in [3.63, 3.8) is 0 Å². The summed E-state index contributed by atoms with van der Waals surface area (Å²) < 4.78 is 0. The largest absolute Gasteiger partial charge is 0.478 e. The molecule has 90 valence electrons. The fraction of sp³-hybridized carbons (Fsp3) is 0.182. The molecule has 6 heteroatoms. The third-order valence-corrected chi connectivity index (χ3v) is 2.51. The van der Waals surface area contributed by atoms with Gasteiger partial charge in [-0.15, -0.1) is 0 Å². The molecular weight excluding hydrogens is 290 g/mol. The Bertz CT molecular complexity index is 471. The van der Waals surface area contributed by atoms with E-state index in [1.165, 1.54) is 18.2 Å². The van der Waals surface area contributed by atoms with Crippen molar-refractivity contribution < 1.29 is 14.8 Å². The van der Waals surface area contributed by atoms with Gasteiger partial charge in [-0.25, -0.2) is 4.79 Å². The molecule has 1 aromatic rings. The molecule has 0 heterocycles. The zero-order valence-electron chi connectivity index (χ0n) is 8.80. The molecule has 1 aromatic carbocycles. The van der Waals surface area contributed by atoms with Gasteiger partial charge in [0.05, 0.1) is 10.5 Å².